The summed E-state index contributed by atoms with van der Waals surface area (Å²) in [7, 11) is 0. The highest BCUT2D eigenvalue weighted by Crippen LogP contribution is 2.04. The number of rotatable bonds is 6. The van der Waals surface area contributed by atoms with Gasteiger partial charge >= 0.3 is 0 Å². The van der Waals surface area contributed by atoms with E-state index in [4.69, 9.17) is 0 Å². The van der Waals surface area contributed by atoms with Gasteiger partial charge in [-0.3, -0.25) is 4.79 Å². The third kappa shape index (κ3) is 4.50. The smallest absolute Gasteiger partial charge is 0.242 e. The van der Waals surface area contributed by atoms with E-state index in [1.165, 1.54) is 16.6 Å². The van der Waals surface area contributed by atoms with E-state index in [1.807, 2.05) is 25.1 Å². The van der Waals surface area contributed by atoms with Crippen LogP contribution in [0.2, 0.25) is 0 Å². The van der Waals surface area contributed by atoms with Gasteiger partial charge in [0.15, 0.2) is 0 Å². The molecule has 1 atom stereocenters. The van der Waals surface area contributed by atoms with E-state index in [-0.39, 0.29) is 18.5 Å². The van der Waals surface area contributed by atoms with Crippen LogP contribution in [0.25, 0.3) is 0 Å². The molecule has 0 saturated carbocycles. The van der Waals surface area contributed by atoms with E-state index < -0.39 is 0 Å². The molecule has 0 fully saturated rings. The number of nitrogens with one attached hydrogen (secondary N) is 1. The lowest BCUT2D eigenvalue weighted by Crippen LogP contribution is -2.35. The summed E-state index contributed by atoms with van der Waals surface area (Å²) in [5.41, 5.74) is 1.28. The zero-order valence-corrected chi connectivity index (χ0v) is 10.9. The largest absolute Gasteiger partial charge is 0.352 e. The molecule has 2 rings (SSSR count). The lowest BCUT2D eigenvalue weighted by Gasteiger charge is -2.13. The van der Waals surface area contributed by atoms with Crippen LogP contribution in [0.3, 0.4) is 0 Å². The van der Waals surface area contributed by atoms with Gasteiger partial charge in [0.05, 0.1) is 0 Å². The Kier molecular flexibility index (Phi) is 4.60. The molecule has 1 unspecified atom stereocenters. The van der Waals surface area contributed by atoms with Gasteiger partial charge < -0.3 is 5.32 Å². The van der Waals surface area contributed by atoms with Crippen molar-refractivity contribution in [2.45, 2.75) is 32.4 Å². The molecule has 0 bridgehead atoms. The minimum Gasteiger partial charge on any atom is -0.352 e. The maximum atomic E-state index is 11.7. The van der Waals surface area contributed by atoms with Crippen molar-refractivity contribution in [2.24, 2.45) is 0 Å². The molecule has 6 heteroatoms. The average molecular weight is 259 g/mol. The Morgan fingerprint density at radius 2 is 2.16 bits per heavy atom. The highest BCUT2D eigenvalue weighted by Gasteiger charge is 2.08. The summed E-state index contributed by atoms with van der Waals surface area (Å²) < 4.78 is 1.40. The lowest BCUT2D eigenvalue weighted by molar-refractivity contribution is -0.122. The number of carbonyl (C=O) groups is 1. The van der Waals surface area contributed by atoms with E-state index in [1.54, 1.807) is 0 Å². The van der Waals surface area contributed by atoms with Crippen LogP contribution in [0.4, 0.5) is 0 Å². The van der Waals surface area contributed by atoms with Gasteiger partial charge in [-0.05, 0) is 35.8 Å². The normalized spacial score (nSPS) is 12.1. The standard InChI is InChI=1S/C13H17N5O/c1-11(7-8-12-5-3-2-4-6-12)15-13(19)9-18-10-14-16-17-18/h2-6,10-11H,7-9H2,1H3,(H,15,19). The lowest BCUT2D eigenvalue weighted by atomic mass is 10.1. The summed E-state index contributed by atoms with van der Waals surface area (Å²) in [6.45, 7) is 2.16. The molecule has 0 saturated heterocycles. The summed E-state index contributed by atoms with van der Waals surface area (Å²) in [5.74, 6) is -0.0761. The number of benzene rings is 1. The molecule has 0 aliphatic rings. The monoisotopic (exact) mass is 259 g/mol. The molecule has 1 aromatic carbocycles. The summed E-state index contributed by atoms with van der Waals surface area (Å²) in [6.07, 6.45) is 3.28. The number of aryl methyl sites for hydroxylation is 1. The van der Waals surface area contributed by atoms with Crippen molar-refractivity contribution in [1.82, 2.24) is 25.5 Å². The second-order valence-corrected chi connectivity index (χ2v) is 4.50. The van der Waals surface area contributed by atoms with Crippen LogP contribution in [-0.4, -0.2) is 32.2 Å². The molecule has 0 spiro atoms. The number of tetrazole rings is 1. The van der Waals surface area contributed by atoms with E-state index in [9.17, 15) is 4.79 Å². The minimum atomic E-state index is -0.0761. The molecule has 6 nitrogen and oxygen atoms in total. The second-order valence-electron chi connectivity index (χ2n) is 4.50. The van der Waals surface area contributed by atoms with Crippen LogP contribution in [0, 0.1) is 0 Å². The molecule has 19 heavy (non-hydrogen) atoms. The van der Waals surface area contributed by atoms with Gasteiger partial charge in [0, 0.05) is 6.04 Å². The van der Waals surface area contributed by atoms with E-state index in [0.29, 0.717) is 0 Å². The number of aromatic nitrogens is 4. The zero-order valence-electron chi connectivity index (χ0n) is 10.9. The summed E-state index contributed by atoms with van der Waals surface area (Å²) in [4.78, 5) is 11.7. The fourth-order valence-electron chi connectivity index (χ4n) is 1.82. The number of hydrogen-bond donors (Lipinski definition) is 1. The van der Waals surface area contributed by atoms with Crippen molar-refractivity contribution in [2.75, 3.05) is 0 Å². The van der Waals surface area contributed by atoms with Gasteiger partial charge in [0.2, 0.25) is 5.91 Å². The van der Waals surface area contributed by atoms with Gasteiger partial charge in [0.1, 0.15) is 12.9 Å². The molecule has 0 aliphatic heterocycles. The predicted molar refractivity (Wildman–Crippen MR) is 70.2 cm³/mol. The second kappa shape index (κ2) is 6.63. The summed E-state index contributed by atoms with van der Waals surface area (Å²) >= 11 is 0. The first-order valence-corrected chi connectivity index (χ1v) is 6.28. The van der Waals surface area contributed by atoms with Gasteiger partial charge in [-0.2, -0.15) is 0 Å². The molecule has 0 radical (unpaired) electrons. The molecular formula is C13H17N5O. The number of nitrogens with zero attached hydrogens (tertiary/aromatic N) is 4. The highest BCUT2D eigenvalue weighted by atomic mass is 16.2. The van der Waals surface area contributed by atoms with Crippen molar-refractivity contribution in [3.8, 4) is 0 Å². The van der Waals surface area contributed by atoms with Crippen LogP contribution >= 0.6 is 0 Å². The third-order valence-corrected chi connectivity index (χ3v) is 2.81. The van der Waals surface area contributed by atoms with E-state index in [2.05, 4.69) is 33.0 Å². The van der Waals surface area contributed by atoms with Crippen molar-refractivity contribution < 1.29 is 4.79 Å². The first kappa shape index (κ1) is 13.2. The Hall–Kier alpha value is -2.24. The van der Waals surface area contributed by atoms with Gasteiger partial charge in [0.25, 0.3) is 0 Å². The Morgan fingerprint density at radius 1 is 1.37 bits per heavy atom. The maximum absolute atomic E-state index is 11.7. The average Bonchev–Trinajstić information content (AvgIpc) is 2.90. The maximum Gasteiger partial charge on any atom is 0.242 e. The first-order valence-electron chi connectivity index (χ1n) is 6.28. The fraction of sp³-hybridized carbons (Fsp3) is 0.385. The predicted octanol–water partition coefficient (Wildman–Crippen LogP) is 0.811. The Labute approximate surface area is 111 Å². The Bertz CT molecular complexity index is 497. The number of carbonyl (C=O) groups excluding carboxylic acids is 1. The van der Waals surface area contributed by atoms with Crippen LogP contribution in [-0.2, 0) is 17.8 Å². The van der Waals surface area contributed by atoms with Gasteiger partial charge in [-0.15, -0.1) is 5.10 Å². The Morgan fingerprint density at radius 3 is 2.84 bits per heavy atom. The van der Waals surface area contributed by atoms with Crippen LogP contribution < -0.4 is 5.32 Å². The van der Waals surface area contributed by atoms with Crippen molar-refractivity contribution >= 4 is 5.91 Å². The molecule has 1 N–H and O–H groups in total. The Balaban J connectivity index is 1.72. The van der Waals surface area contributed by atoms with Crippen molar-refractivity contribution in [3.05, 3.63) is 42.2 Å². The number of hydrogen-bond acceptors (Lipinski definition) is 4. The SMILES string of the molecule is CC(CCc1ccccc1)NC(=O)Cn1cnnn1. The molecule has 1 amide bonds. The fourth-order valence-corrected chi connectivity index (χ4v) is 1.82. The van der Waals surface area contributed by atoms with Crippen LogP contribution in [0.5, 0.6) is 0 Å². The van der Waals surface area contributed by atoms with Crippen LogP contribution in [0.1, 0.15) is 18.9 Å². The molecule has 100 valence electrons. The summed E-state index contributed by atoms with van der Waals surface area (Å²) in [6, 6.07) is 10.4. The van der Waals surface area contributed by atoms with Crippen molar-refractivity contribution in [1.29, 1.82) is 0 Å². The summed E-state index contributed by atoms with van der Waals surface area (Å²) in [5, 5.41) is 13.6. The van der Waals surface area contributed by atoms with Gasteiger partial charge in [-0.25, -0.2) is 4.68 Å². The topological polar surface area (TPSA) is 72.7 Å². The highest BCUT2D eigenvalue weighted by molar-refractivity contribution is 5.75. The molecule has 1 heterocycles. The van der Waals surface area contributed by atoms with E-state index >= 15 is 0 Å². The van der Waals surface area contributed by atoms with Gasteiger partial charge in [-0.1, -0.05) is 30.3 Å². The molecule has 0 aliphatic carbocycles. The molecule has 2 aromatic rings. The molecular weight excluding hydrogens is 242 g/mol. The molecule has 1 aromatic heterocycles. The van der Waals surface area contributed by atoms with Crippen molar-refractivity contribution in [3.63, 3.8) is 0 Å². The third-order valence-electron chi connectivity index (χ3n) is 2.81. The minimum absolute atomic E-state index is 0.0761. The number of amides is 1. The van der Waals surface area contributed by atoms with E-state index in [0.717, 1.165) is 12.8 Å². The van der Waals surface area contributed by atoms with Crippen LogP contribution in [0.15, 0.2) is 36.7 Å². The zero-order chi connectivity index (χ0) is 13.5. The first-order chi connectivity index (χ1) is 9.24. The quantitative estimate of drug-likeness (QED) is 0.833.